The van der Waals surface area contributed by atoms with Gasteiger partial charge in [-0.25, -0.2) is 17.9 Å². The first-order valence-electron chi connectivity index (χ1n) is 7.96. The molecule has 2 N–H and O–H groups in total. The SMILES string of the molecule is CCNS(=O)(=O)C1CCN(C(=O)NCc2ccc(OC(F)(F)F)cc2)C1. The second-order valence-electron chi connectivity index (χ2n) is 5.75. The lowest BCUT2D eigenvalue weighted by Crippen LogP contribution is -2.41. The van der Waals surface area contributed by atoms with Crippen molar-refractivity contribution in [1.29, 1.82) is 0 Å². The highest BCUT2D eigenvalue weighted by Crippen LogP contribution is 2.22. The average Bonchev–Trinajstić information content (AvgIpc) is 3.03. The number of rotatable bonds is 6. The highest BCUT2D eigenvalue weighted by Gasteiger charge is 2.34. The molecule has 2 amide bonds. The first kappa shape index (κ1) is 20.3. The van der Waals surface area contributed by atoms with Crippen LogP contribution in [0.2, 0.25) is 0 Å². The van der Waals surface area contributed by atoms with Crippen LogP contribution in [0.3, 0.4) is 0 Å². The molecule has 1 fully saturated rings. The molecule has 146 valence electrons. The molecule has 0 aromatic heterocycles. The van der Waals surface area contributed by atoms with Gasteiger partial charge in [0.25, 0.3) is 0 Å². The Bertz CT molecular complexity index is 723. The fraction of sp³-hybridized carbons (Fsp3) is 0.533. The number of hydrogen-bond acceptors (Lipinski definition) is 4. The van der Waals surface area contributed by atoms with E-state index in [9.17, 15) is 26.4 Å². The second kappa shape index (κ2) is 8.12. The summed E-state index contributed by atoms with van der Waals surface area (Å²) in [6.45, 7) is 2.49. The molecule has 26 heavy (non-hydrogen) atoms. The fourth-order valence-electron chi connectivity index (χ4n) is 2.58. The number of carbonyl (C=O) groups excluding carboxylic acids is 1. The van der Waals surface area contributed by atoms with E-state index in [2.05, 4.69) is 14.8 Å². The van der Waals surface area contributed by atoms with Crippen LogP contribution in [0.15, 0.2) is 24.3 Å². The number of ether oxygens (including phenoxy) is 1. The Morgan fingerprint density at radius 1 is 1.31 bits per heavy atom. The Balaban J connectivity index is 1.84. The van der Waals surface area contributed by atoms with Crippen molar-refractivity contribution in [1.82, 2.24) is 14.9 Å². The van der Waals surface area contributed by atoms with Gasteiger partial charge in [0.1, 0.15) is 5.75 Å². The van der Waals surface area contributed by atoms with Crippen molar-refractivity contribution in [2.24, 2.45) is 0 Å². The van der Waals surface area contributed by atoms with Gasteiger partial charge in [-0.3, -0.25) is 0 Å². The van der Waals surface area contributed by atoms with Crippen LogP contribution in [0.25, 0.3) is 0 Å². The maximum Gasteiger partial charge on any atom is 0.573 e. The van der Waals surface area contributed by atoms with E-state index in [0.29, 0.717) is 25.1 Å². The van der Waals surface area contributed by atoms with E-state index >= 15 is 0 Å². The quantitative estimate of drug-likeness (QED) is 0.769. The predicted octanol–water partition coefficient (Wildman–Crippen LogP) is 1.81. The molecule has 1 aromatic carbocycles. The number of alkyl halides is 3. The van der Waals surface area contributed by atoms with Crippen molar-refractivity contribution in [3.05, 3.63) is 29.8 Å². The van der Waals surface area contributed by atoms with Gasteiger partial charge >= 0.3 is 12.4 Å². The van der Waals surface area contributed by atoms with Gasteiger partial charge in [0.05, 0.1) is 5.25 Å². The number of carbonyl (C=O) groups is 1. The van der Waals surface area contributed by atoms with Crippen LogP contribution >= 0.6 is 0 Å². The van der Waals surface area contributed by atoms with Gasteiger partial charge < -0.3 is 15.0 Å². The first-order chi connectivity index (χ1) is 12.1. The van der Waals surface area contributed by atoms with Crippen LogP contribution in [-0.2, 0) is 16.6 Å². The van der Waals surface area contributed by atoms with E-state index in [1.165, 1.54) is 17.0 Å². The standard InChI is InChI=1S/C15H20F3N3O4S/c1-2-20-26(23,24)13-7-8-21(10-13)14(22)19-9-11-3-5-12(6-4-11)25-15(16,17)18/h3-6,13,20H,2,7-10H2,1H3,(H,19,22). The molecule has 1 heterocycles. The smallest absolute Gasteiger partial charge is 0.406 e. The average molecular weight is 395 g/mol. The molecule has 11 heteroatoms. The minimum Gasteiger partial charge on any atom is -0.406 e. The third-order valence-electron chi connectivity index (χ3n) is 3.82. The van der Waals surface area contributed by atoms with Crippen LogP contribution in [0.1, 0.15) is 18.9 Å². The van der Waals surface area contributed by atoms with Crippen LogP contribution in [-0.4, -0.2) is 50.6 Å². The van der Waals surface area contributed by atoms with Crippen molar-refractivity contribution in [3.63, 3.8) is 0 Å². The zero-order chi connectivity index (χ0) is 19.4. The van der Waals surface area contributed by atoms with Crippen molar-refractivity contribution in [2.75, 3.05) is 19.6 Å². The zero-order valence-corrected chi connectivity index (χ0v) is 14.9. The number of sulfonamides is 1. The van der Waals surface area contributed by atoms with E-state index in [4.69, 9.17) is 0 Å². The Labute approximate surface area is 149 Å². The molecule has 0 aliphatic carbocycles. The third-order valence-corrected chi connectivity index (χ3v) is 5.77. The van der Waals surface area contributed by atoms with Gasteiger partial charge in [0.15, 0.2) is 0 Å². The van der Waals surface area contributed by atoms with E-state index in [1.807, 2.05) is 0 Å². The van der Waals surface area contributed by atoms with Crippen molar-refractivity contribution >= 4 is 16.1 Å². The number of likely N-dealkylation sites (tertiary alicyclic amines) is 1. The summed E-state index contributed by atoms with van der Waals surface area (Å²) in [5.74, 6) is -0.344. The normalized spacial score (nSPS) is 18.0. The maximum atomic E-state index is 12.1. The summed E-state index contributed by atoms with van der Waals surface area (Å²) in [5, 5.41) is 1.98. The van der Waals surface area contributed by atoms with E-state index < -0.39 is 27.7 Å². The second-order valence-corrected chi connectivity index (χ2v) is 7.80. The topological polar surface area (TPSA) is 87.7 Å². The Morgan fingerprint density at radius 2 is 1.96 bits per heavy atom. The monoisotopic (exact) mass is 395 g/mol. The number of benzene rings is 1. The molecule has 0 bridgehead atoms. The molecule has 1 unspecified atom stereocenters. The molecular weight excluding hydrogens is 375 g/mol. The Morgan fingerprint density at radius 3 is 2.54 bits per heavy atom. The summed E-state index contributed by atoms with van der Waals surface area (Å²) in [6.07, 6.45) is -4.40. The minimum absolute atomic E-state index is 0.0968. The molecule has 0 spiro atoms. The first-order valence-corrected chi connectivity index (χ1v) is 9.51. The molecule has 2 rings (SSSR count). The highest BCUT2D eigenvalue weighted by molar-refractivity contribution is 7.90. The van der Waals surface area contributed by atoms with E-state index in [1.54, 1.807) is 6.92 Å². The summed E-state index contributed by atoms with van der Waals surface area (Å²) in [7, 11) is -3.44. The lowest BCUT2D eigenvalue weighted by Gasteiger charge is -2.18. The zero-order valence-electron chi connectivity index (χ0n) is 14.0. The van der Waals surface area contributed by atoms with Gasteiger partial charge in [-0.2, -0.15) is 0 Å². The number of halogens is 3. The van der Waals surface area contributed by atoms with Crippen molar-refractivity contribution in [2.45, 2.75) is 31.5 Å². The Hall–Kier alpha value is -2.01. The molecule has 1 atom stereocenters. The summed E-state index contributed by atoms with van der Waals surface area (Å²) < 4.78 is 66.4. The largest absolute Gasteiger partial charge is 0.573 e. The Kier molecular flexibility index (Phi) is 6.34. The number of nitrogens with zero attached hydrogens (tertiary/aromatic N) is 1. The van der Waals surface area contributed by atoms with Crippen LogP contribution in [0.5, 0.6) is 5.75 Å². The predicted molar refractivity (Wildman–Crippen MR) is 87.9 cm³/mol. The van der Waals surface area contributed by atoms with Crippen LogP contribution in [0, 0.1) is 0 Å². The number of urea groups is 1. The molecule has 1 aliphatic rings. The van der Waals surface area contributed by atoms with Crippen LogP contribution < -0.4 is 14.8 Å². The molecule has 0 saturated carbocycles. The number of nitrogens with one attached hydrogen (secondary N) is 2. The van der Waals surface area contributed by atoms with E-state index in [0.717, 1.165) is 12.1 Å². The summed E-state index contributed by atoms with van der Waals surface area (Å²) in [6, 6.07) is 4.70. The lowest BCUT2D eigenvalue weighted by molar-refractivity contribution is -0.274. The number of hydrogen-bond donors (Lipinski definition) is 2. The molecule has 1 saturated heterocycles. The van der Waals surface area contributed by atoms with Gasteiger partial charge in [-0.15, -0.1) is 13.2 Å². The summed E-state index contributed by atoms with van der Waals surface area (Å²) in [4.78, 5) is 13.5. The maximum absolute atomic E-state index is 12.1. The molecule has 1 aromatic rings. The van der Waals surface area contributed by atoms with Gasteiger partial charge in [0, 0.05) is 26.2 Å². The minimum atomic E-state index is -4.75. The molecule has 7 nitrogen and oxygen atoms in total. The molecule has 0 radical (unpaired) electrons. The summed E-state index contributed by atoms with van der Waals surface area (Å²) in [5.41, 5.74) is 0.587. The number of amides is 2. The van der Waals surface area contributed by atoms with E-state index in [-0.39, 0.29) is 18.8 Å². The van der Waals surface area contributed by atoms with Gasteiger partial charge in [-0.1, -0.05) is 19.1 Å². The molecular formula is C15H20F3N3O4S. The van der Waals surface area contributed by atoms with Gasteiger partial charge in [-0.05, 0) is 24.1 Å². The molecule has 1 aliphatic heterocycles. The van der Waals surface area contributed by atoms with Gasteiger partial charge in [0.2, 0.25) is 10.0 Å². The lowest BCUT2D eigenvalue weighted by atomic mass is 10.2. The van der Waals surface area contributed by atoms with Crippen molar-refractivity contribution < 1.29 is 31.1 Å². The summed E-state index contributed by atoms with van der Waals surface area (Å²) >= 11 is 0. The third kappa shape index (κ3) is 5.77. The van der Waals surface area contributed by atoms with Crippen molar-refractivity contribution in [3.8, 4) is 5.75 Å². The fourth-order valence-corrected chi connectivity index (χ4v) is 4.01. The van der Waals surface area contributed by atoms with Crippen LogP contribution in [0.4, 0.5) is 18.0 Å². The highest BCUT2D eigenvalue weighted by atomic mass is 32.2.